The van der Waals surface area contributed by atoms with Crippen molar-refractivity contribution >= 4 is 46.1 Å². The van der Waals surface area contributed by atoms with E-state index in [0.29, 0.717) is 51.3 Å². The van der Waals surface area contributed by atoms with Crippen LogP contribution in [0.3, 0.4) is 0 Å². The molecule has 2 aliphatic carbocycles. The summed E-state index contributed by atoms with van der Waals surface area (Å²) in [5, 5.41) is 8.75. The molecule has 0 atom stereocenters. The lowest BCUT2D eigenvalue weighted by atomic mass is 10.1. The summed E-state index contributed by atoms with van der Waals surface area (Å²) < 4.78 is 39.4. The number of aromatic nitrogens is 2. The van der Waals surface area contributed by atoms with Crippen molar-refractivity contribution < 1.29 is 22.8 Å². The minimum Gasteiger partial charge on any atom is -0.352 e. The maximum absolute atomic E-state index is 13.1. The number of H-pyrrole nitrogens is 1. The zero-order valence-electron chi connectivity index (χ0n) is 18.6. The van der Waals surface area contributed by atoms with Gasteiger partial charge in [0.15, 0.2) is 0 Å². The molecule has 7 nitrogen and oxygen atoms in total. The van der Waals surface area contributed by atoms with Crippen molar-refractivity contribution in [2.75, 3.05) is 11.9 Å². The number of benzene rings is 2. The topological polar surface area (TPSA) is 98.9 Å². The van der Waals surface area contributed by atoms with Gasteiger partial charge in [-0.3, -0.25) is 9.59 Å². The maximum Gasteiger partial charge on any atom is 0.403 e. The Bertz CT molecular complexity index is 1300. The molecule has 2 aromatic carbocycles. The Labute approximate surface area is 203 Å². The fourth-order valence-corrected chi connectivity index (χ4v) is 4.06. The van der Waals surface area contributed by atoms with Crippen molar-refractivity contribution in [2.45, 2.75) is 38.4 Å². The van der Waals surface area contributed by atoms with Crippen LogP contribution < -0.4 is 16.0 Å². The fourth-order valence-electron chi connectivity index (χ4n) is 3.89. The van der Waals surface area contributed by atoms with Crippen LogP contribution in [0.2, 0.25) is 5.02 Å². The summed E-state index contributed by atoms with van der Waals surface area (Å²) in [5.41, 5.74) is 0.616. The molecule has 5 rings (SSSR count). The lowest BCUT2D eigenvalue weighted by molar-refractivity contribution is -0.192. The van der Waals surface area contributed by atoms with Crippen LogP contribution in [0.5, 0.6) is 0 Å². The van der Waals surface area contributed by atoms with Crippen LogP contribution in [-0.4, -0.2) is 34.5 Å². The first-order valence-electron chi connectivity index (χ1n) is 11.3. The lowest BCUT2D eigenvalue weighted by Crippen LogP contribution is -2.40. The van der Waals surface area contributed by atoms with E-state index in [4.69, 9.17) is 11.6 Å². The van der Waals surface area contributed by atoms with E-state index in [-0.39, 0.29) is 25.3 Å². The summed E-state index contributed by atoms with van der Waals surface area (Å²) in [6.45, 7) is 0.612. The van der Waals surface area contributed by atoms with Gasteiger partial charge in [-0.2, -0.15) is 13.2 Å². The number of fused-ring (bicyclic) bond motifs is 1. The molecular formula is C24H23ClF3N5O2. The summed E-state index contributed by atoms with van der Waals surface area (Å²) in [7, 11) is 0. The van der Waals surface area contributed by atoms with Crippen molar-refractivity contribution in [3.63, 3.8) is 0 Å². The molecule has 2 aliphatic rings. The van der Waals surface area contributed by atoms with E-state index < -0.39 is 17.5 Å². The highest BCUT2D eigenvalue weighted by Gasteiger charge is 2.68. The summed E-state index contributed by atoms with van der Waals surface area (Å²) >= 11 is 6.29. The molecule has 0 spiro atoms. The molecule has 184 valence electrons. The smallest absolute Gasteiger partial charge is 0.352 e. The first-order valence-corrected chi connectivity index (χ1v) is 11.7. The van der Waals surface area contributed by atoms with Crippen LogP contribution in [0, 0.1) is 11.3 Å². The number of hydrogen-bond acceptors (Lipinski definition) is 4. The number of aromatic amines is 1. The molecule has 2 fully saturated rings. The lowest BCUT2D eigenvalue weighted by Gasteiger charge is -2.18. The Hall–Kier alpha value is -3.27. The Morgan fingerprint density at radius 2 is 1.89 bits per heavy atom. The van der Waals surface area contributed by atoms with Gasteiger partial charge < -0.3 is 20.9 Å². The number of anilines is 2. The number of carbonyl (C=O) groups excluding carboxylic acids is 2. The van der Waals surface area contributed by atoms with E-state index in [1.54, 1.807) is 36.4 Å². The SMILES string of the molecule is O=C(NCC1CC1)c1ccc2nc(Nc3cc(CNC(=O)C4(C(F)(F)F)CC4)ccc3Cl)[nH]c2c1. The number of carbonyl (C=O) groups is 2. The van der Waals surface area contributed by atoms with E-state index >= 15 is 0 Å². The predicted molar refractivity (Wildman–Crippen MR) is 125 cm³/mol. The number of imidazole rings is 1. The molecule has 2 amide bonds. The number of nitrogens with zero attached hydrogens (tertiary/aromatic N) is 1. The normalized spacial score (nSPS) is 16.7. The number of rotatable bonds is 8. The third-order valence-corrected chi connectivity index (χ3v) is 6.79. The maximum atomic E-state index is 13.1. The van der Waals surface area contributed by atoms with Crippen molar-refractivity contribution in [1.82, 2.24) is 20.6 Å². The number of alkyl halides is 3. The van der Waals surface area contributed by atoms with E-state index in [0.717, 1.165) is 12.8 Å². The zero-order chi connectivity index (χ0) is 24.8. The number of halogens is 4. The highest BCUT2D eigenvalue weighted by Crippen LogP contribution is 2.57. The molecule has 0 unspecified atom stereocenters. The molecule has 1 aromatic heterocycles. The highest BCUT2D eigenvalue weighted by molar-refractivity contribution is 6.33. The molecule has 0 saturated heterocycles. The minimum atomic E-state index is -4.55. The molecule has 2 saturated carbocycles. The van der Waals surface area contributed by atoms with Crippen molar-refractivity contribution in [3.8, 4) is 0 Å². The van der Waals surface area contributed by atoms with E-state index in [1.165, 1.54) is 0 Å². The van der Waals surface area contributed by atoms with Gasteiger partial charge in [0.2, 0.25) is 11.9 Å². The Morgan fingerprint density at radius 3 is 2.57 bits per heavy atom. The van der Waals surface area contributed by atoms with Crippen LogP contribution in [0.15, 0.2) is 36.4 Å². The van der Waals surface area contributed by atoms with Gasteiger partial charge >= 0.3 is 6.18 Å². The standard InChI is InChI=1S/C24H23ClF3N5O2/c25-16-5-3-14(12-30-21(35)23(7-8-23)24(26,27)28)9-18(16)32-22-31-17-6-4-15(10-19(17)33-22)20(34)29-11-13-1-2-13/h3-6,9-10,13H,1-2,7-8,11-12H2,(H,29,34)(H,30,35)(H2,31,32,33). The van der Waals surface area contributed by atoms with Gasteiger partial charge in [-0.1, -0.05) is 17.7 Å². The van der Waals surface area contributed by atoms with Crippen molar-refractivity contribution in [1.29, 1.82) is 0 Å². The third-order valence-electron chi connectivity index (χ3n) is 6.46. The number of hydrogen-bond donors (Lipinski definition) is 4. The van der Waals surface area contributed by atoms with Crippen molar-refractivity contribution in [3.05, 3.63) is 52.5 Å². The van der Waals surface area contributed by atoms with Gasteiger partial charge in [-0.25, -0.2) is 4.98 Å². The molecule has 35 heavy (non-hydrogen) atoms. The van der Waals surface area contributed by atoms with Gasteiger partial charge in [0.25, 0.3) is 5.91 Å². The summed E-state index contributed by atoms with van der Waals surface area (Å²) in [5.74, 6) is -0.186. The van der Waals surface area contributed by atoms with E-state index in [9.17, 15) is 22.8 Å². The van der Waals surface area contributed by atoms with Gasteiger partial charge in [0.05, 0.1) is 21.7 Å². The fraction of sp³-hybridized carbons (Fsp3) is 0.375. The Kier molecular flexibility index (Phi) is 5.86. The molecule has 11 heteroatoms. The second kappa shape index (κ2) is 8.75. The molecule has 3 aromatic rings. The summed E-state index contributed by atoms with van der Waals surface area (Å²) in [6, 6.07) is 10.0. The summed E-state index contributed by atoms with van der Waals surface area (Å²) in [4.78, 5) is 32.0. The average molecular weight is 506 g/mol. The van der Waals surface area contributed by atoms with Crippen LogP contribution in [0.4, 0.5) is 24.8 Å². The second-order valence-corrected chi connectivity index (χ2v) is 9.58. The van der Waals surface area contributed by atoms with Gasteiger partial charge in [-0.05, 0) is 67.5 Å². The zero-order valence-corrected chi connectivity index (χ0v) is 19.3. The van der Waals surface area contributed by atoms with E-state index in [2.05, 4.69) is 25.9 Å². The molecule has 0 radical (unpaired) electrons. The molecular weight excluding hydrogens is 483 g/mol. The van der Waals surface area contributed by atoms with Crippen molar-refractivity contribution in [2.24, 2.45) is 11.3 Å². The molecule has 0 bridgehead atoms. The number of nitrogens with one attached hydrogen (secondary N) is 4. The van der Waals surface area contributed by atoms with Gasteiger partial charge in [0, 0.05) is 18.7 Å². The van der Waals surface area contributed by atoms with Crippen LogP contribution in [0.25, 0.3) is 11.0 Å². The Balaban J connectivity index is 1.26. The van der Waals surface area contributed by atoms with Gasteiger partial charge in [-0.15, -0.1) is 0 Å². The number of amides is 2. The first kappa shape index (κ1) is 23.5. The molecule has 0 aliphatic heterocycles. The Morgan fingerprint density at radius 1 is 1.11 bits per heavy atom. The largest absolute Gasteiger partial charge is 0.403 e. The monoisotopic (exact) mass is 505 g/mol. The second-order valence-electron chi connectivity index (χ2n) is 9.17. The average Bonchev–Trinajstić information content (AvgIpc) is 3.73. The first-order chi connectivity index (χ1) is 16.6. The minimum absolute atomic E-state index is 0.0675. The van der Waals surface area contributed by atoms with Crippen LogP contribution in [-0.2, 0) is 11.3 Å². The third kappa shape index (κ3) is 4.93. The predicted octanol–water partition coefficient (Wildman–Crippen LogP) is 5.06. The summed E-state index contributed by atoms with van der Waals surface area (Å²) in [6.07, 6.45) is -2.63. The van der Waals surface area contributed by atoms with E-state index in [1.807, 2.05) is 0 Å². The van der Waals surface area contributed by atoms with Crippen LogP contribution >= 0.6 is 11.6 Å². The molecule has 4 N–H and O–H groups in total. The van der Waals surface area contributed by atoms with Gasteiger partial charge in [0.1, 0.15) is 5.41 Å². The quantitative estimate of drug-likeness (QED) is 0.344. The molecule has 1 heterocycles. The highest BCUT2D eigenvalue weighted by atomic mass is 35.5. The van der Waals surface area contributed by atoms with Crippen LogP contribution in [0.1, 0.15) is 41.6 Å².